The minimum atomic E-state index is -0.791. The highest BCUT2D eigenvalue weighted by Crippen LogP contribution is 2.32. The van der Waals surface area contributed by atoms with Gasteiger partial charge in [-0.2, -0.15) is 0 Å². The number of benzene rings is 2. The maximum atomic E-state index is 13.7. The number of aromatic nitrogens is 1. The molecule has 3 rings (SSSR count). The van der Waals surface area contributed by atoms with E-state index in [9.17, 15) is 14.0 Å². The summed E-state index contributed by atoms with van der Waals surface area (Å²) in [6, 6.07) is 12.1. The second-order valence-electron chi connectivity index (χ2n) is 11.2. The van der Waals surface area contributed by atoms with E-state index in [1.54, 1.807) is 51.1 Å². The van der Waals surface area contributed by atoms with Gasteiger partial charge in [-0.15, -0.1) is 0 Å². The zero-order valence-corrected chi connectivity index (χ0v) is 32.6. The van der Waals surface area contributed by atoms with Crippen LogP contribution in [-0.4, -0.2) is 51.5 Å². The monoisotopic (exact) mass is 721 g/mol. The number of aliphatic imine (C=N–C) groups is 1. The maximum absolute atomic E-state index is 13.7. The lowest BCUT2D eigenvalue weighted by Crippen LogP contribution is -2.33. The Morgan fingerprint density at radius 1 is 1.12 bits per heavy atom. The van der Waals surface area contributed by atoms with Crippen molar-refractivity contribution in [2.45, 2.75) is 101 Å². The summed E-state index contributed by atoms with van der Waals surface area (Å²) in [4.78, 5) is 31.5. The van der Waals surface area contributed by atoms with Crippen molar-refractivity contribution in [3.05, 3.63) is 81.3 Å². The Balaban J connectivity index is 0. The average Bonchev–Trinajstić information content (AvgIpc) is 3.08. The van der Waals surface area contributed by atoms with E-state index >= 15 is 0 Å². The fourth-order valence-corrected chi connectivity index (χ4v) is 4.46. The van der Waals surface area contributed by atoms with Crippen molar-refractivity contribution in [2.75, 3.05) is 13.1 Å². The average molecular weight is 722 g/mol. The molecule has 3 aromatic rings. The first-order valence-corrected chi connectivity index (χ1v) is 17.2. The molecule has 0 radical (unpaired) electrons. The molecule has 2 aromatic carbocycles. The summed E-state index contributed by atoms with van der Waals surface area (Å²) in [7, 11) is 0. The fraction of sp³-hybridized carbons (Fsp3) is 0.459. The molecule has 0 aliphatic carbocycles. The summed E-state index contributed by atoms with van der Waals surface area (Å²) in [6.07, 6.45) is 2.11. The minimum Gasteiger partial charge on any atom is -0.389 e. The maximum Gasteiger partial charge on any atom is 0.251 e. The number of hydrogen-bond donors (Lipinski definition) is 6. The van der Waals surface area contributed by atoms with Crippen LogP contribution in [0.4, 0.5) is 10.1 Å². The molecule has 0 saturated heterocycles. The number of nitrogens with zero attached hydrogens (tertiary/aromatic N) is 2. The Hall–Kier alpha value is -3.51. The number of nitrogens with two attached hydrogens (primary N) is 1. The van der Waals surface area contributed by atoms with E-state index in [-0.39, 0.29) is 10.9 Å². The number of rotatable bonds is 11. The fourth-order valence-electron chi connectivity index (χ4n) is 4.28. The standard InChI is InChI=1S/C28H32ClFN4O.C5H11NO2.2C2H6.H2OS/c1-6-16(2)23-15-22(34-27(18(23)4)20-7-9-25(30)24(29)14-20)11-12-32-28(35)21-8-10-26(17(3)13-21)33-19(5)31;1-5(2,8)3-6-4-7;3*1-2/h7-10,13-16H,6,11-12H2,1-5H3,(H2,31,33)(H,32,35);4,8H,3H2,1-2H3,(H,6,7);2*1-2H3;1-2H. The molecule has 6 N–H and O–H groups in total. The van der Waals surface area contributed by atoms with Gasteiger partial charge in [0.2, 0.25) is 6.41 Å². The third-order valence-corrected chi connectivity index (χ3v) is 7.03. The molecule has 12 heteroatoms. The van der Waals surface area contributed by atoms with E-state index in [1.807, 2.05) is 41.5 Å². The van der Waals surface area contributed by atoms with Crippen LogP contribution in [0.15, 0.2) is 47.5 Å². The molecule has 1 unspecified atom stereocenters. The highest BCUT2D eigenvalue weighted by Gasteiger charge is 2.16. The van der Waals surface area contributed by atoms with Gasteiger partial charge < -0.3 is 26.0 Å². The SMILES string of the molecule is CC.CC.CC(C)(O)CNC=O.CCC(C)c1cc(CCNC(=O)c2ccc(N=C(C)N)c(C)c2)nc(-c2ccc(F)c(Cl)c2)c1C.OS. The van der Waals surface area contributed by atoms with Gasteiger partial charge in [-0.05, 0) is 119 Å². The summed E-state index contributed by atoms with van der Waals surface area (Å²) >= 11 is 8.57. The Morgan fingerprint density at radius 3 is 2.20 bits per heavy atom. The normalized spacial score (nSPS) is 11.1. The molecule has 9 nitrogen and oxygen atoms in total. The van der Waals surface area contributed by atoms with Crippen LogP contribution >= 0.6 is 24.5 Å². The predicted octanol–water partition coefficient (Wildman–Crippen LogP) is 8.60. The summed E-state index contributed by atoms with van der Waals surface area (Å²) in [5, 5.41) is 14.3. The minimum absolute atomic E-state index is 0.0695. The second kappa shape index (κ2) is 25.5. The molecule has 0 fully saturated rings. The van der Waals surface area contributed by atoms with Crippen LogP contribution in [0, 0.1) is 19.7 Å². The molecule has 0 bridgehead atoms. The number of amidine groups is 1. The highest BCUT2D eigenvalue weighted by molar-refractivity contribution is 7.74. The summed E-state index contributed by atoms with van der Waals surface area (Å²) in [5.41, 5.74) is 11.7. The quantitative estimate of drug-likeness (QED) is 0.0384. The second-order valence-corrected chi connectivity index (χ2v) is 11.6. The Labute approximate surface area is 303 Å². The number of carbonyl (C=O) groups is 2. The number of thiol groups is 1. The van der Waals surface area contributed by atoms with Gasteiger partial charge >= 0.3 is 0 Å². The lowest BCUT2D eigenvalue weighted by Gasteiger charge is -2.18. The van der Waals surface area contributed by atoms with Gasteiger partial charge in [0.25, 0.3) is 5.91 Å². The third kappa shape index (κ3) is 17.6. The van der Waals surface area contributed by atoms with Crippen LogP contribution in [0.2, 0.25) is 5.02 Å². The first-order chi connectivity index (χ1) is 23.2. The van der Waals surface area contributed by atoms with E-state index < -0.39 is 11.4 Å². The lowest BCUT2D eigenvalue weighted by molar-refractivity contribution is -0.110. The number of hydrogen-bond acceptors (Lipinski definition) is 7. The number of aliphatic hydroxyl groups is 1. The first kappa shape index (κ1) is 47.6. The van der Waals surface area contributed by atoms with Crippen molar-refractivity contribution in [1.29, 1.82) is 0 Å². The van der Waals surface area contributed by atoms with Gasteiger partial charge in [-0.3, -0.25) is 14.6 Å². The molecule has 0 aliphatic heterocycles. The van der Waals surface area contributed by atoms with E-state index in [1.165, 1.54) is 11.6 Å². The van der Waals surface area contributed by atoms with Gasteiger partial charge in [0, 0.05) is 36.3 Å². The largest absolute Gasteiger partial charge is 0.389 e. The predicted molar refractivity (Wildman–Crippen MR) is 207 cm³/mol. The molecule has 49 heavy (non-hydrogen) atoms. The summed E-state index contributed by atoms with van der Waals surface area (Å²) in [6.45, 7) is 22.0. The lowest BCUT2D eigenvalue weighted by atomic mass is 9.91. The zero-order valence-electron chi connectivity index (χ0n) is 30.9. The van der Waals surface area contributed by atoms with Crippen molar-refractivity contribution >= 4 is 48.4 Å². The van der Waals surface area contributed by atoms with Crippen LogP contribution < -0.4 is 16.4 Å². The molecule has 1 atom stereocenters. The van der Waals surface area contributed by atoms with Crippen molar-refractivity contribution in [2.24, 2.45) is 10.7 Å². The van der Waals surface area contributed by atoms with E-state index in [0.717, 1.165) is 40.2 Å². The number of halogens is 2. The summed E-state index contributed by atoms with van der Waals surface area (Å²) in [5.74, 6) is 0.187. The van der Waals surface area contributed by atoms with Crippen molar-refractivity contribution in [3.63, 3.8) is 0 Å². The molecule has 1 heterocycles. The third-order valence-electron chi connectivity index (χ3n) is 6.74. The molecular weight excluding hydrogens is 665 g/mol. The Kier molecular flexibility index (Phi) is 24.7. The van der Waals surface area contributed by atoms with E-state index in [2.05, 4.69) is 48.4 Å². The number of amides is 2. The summed E-state index contributed by atoms with van der Waals surface area (Å²) < 4.78 is 20.4. The van der Waals surface area contributed by atoms with Crippen LogP contribution in [0.25, 0.3) is 11.3 Å². The van der Waals surface area contributed by atoms with Crippen molar-refractivity contribution in [3.8, 4) is 11.3 Å². The molecule has 0 spiro atoms. The van der Waals surface area contributed by atoms with Gasteiger partial charge in [0.1, 0.15) is 5.82 Å². The Bertz CT molecular complexity index is 1460. The van der Waals surface area contributed by atoms with Gasteiger partial charge in [-0.25, -0.2) is 9.38 Å². The molecule has 2 amide bonds. The van der Waals surface area contributed by atoms with E-state index in [4.69, 9.17) is 32.0 Å². The van der Waals surface area contributed by atoms with Crippen molar-refractivity contribution in [1.82, 2.24) is 15.6 Å². The highest BCUT2D eigenvalue weighted by atomic mass is 35.5. The Morgan fingerprint density at radius 2 is 1.73 bits per heavy atom. The van der Waals surface area contributed by atoms with Crippen LogP contribution in [0.1, 0.15) is 107 Å². The molecule has 1 aromatic heterocycles. The number of carbonyl (C=O) groups excluding carboxylic acids is 2. The van der Waals surface area contributed by atoms with Gasteiger partial charge in [0.05, 0.1) is 27.8 Å². The smallest absolute Gasteiger partial charge is 0.251 e. The molecule has 0 saturated carbocycles. The van der Waals surface area contributed by atoms with Crippen LogP contribution in [-0.2, 0) is 11.2 Å². The van der Waals surface area contributed by atoms with Crippen LogP contribution in [0.3, 0.4) is 0 Å². The zero-order chi connectivity index (χ0) is 38.3. The molecular formula is C37H57ClFN5O4S. The van der Waals surface area contributed by atoms with Crippen LogP contribution in [0.5, 0.6) is 0 Å². The topological polar surface area (TPSA) is 150 Å². The number of pyridine rings is 1. The van der Waals surface area contributed by atoms with Crippen molar-refractivity contribution < 1.29 is 23.6 Å². The molecule has 0 aliphatic rings. The van der Waals surface area contributed by atoms with E-state index in [0.29, 0.717) is 43.2 Å². The van der Waals surface area contributed by atoms with Gasteiger partial charge in [-0.1, -0.05) is 53.1 Å². The van der Waals surface area contributed by atoms with Gasteiger partial charge in [0.15, 0.2) is 0 Å². The number of aryl methyl sites for hydroxylation is 1. The molecule has 274 valence electrons. The number of nitrogens with one attached hydrogen (secondary N) is 2. The first-order valence-electron chi connectivity index (χ1n) is 16.4.